The van der Waals surface area contributed by atoms with Gasteiger partial charge >= 0.3 is 0 Å². The Balaban J connectivity index is 2.10. The molecule has 0 spiro atoms. The van der Waals surface area contributed by atoms with Gasteiger partial charge < -0.3 is 10.4 Å². The molecule has 94 valence electrons. The average Bonchev–Trinajstić information content (AvgIpc) is 2.65. The lowest BCUT2D eigenvalue weighted by Crippen LogP contribution is -2.36. The number of carbonyl (C=O) groups is 1. The highest BCUT2D eigenvalue weighted by atomic mass is 16.3. The third kappa shape index (κ3) is 4.94. The molecule has 0 saturated carbocycles. The van der Waals surface area contributed by atoms with Crippen molar-refractivity contribution < 1.29 is 9.90 Å². The molecule has 4 heteroatoms. The molecule has 1 atom stereocenters. The second-order valence-corrected chi connectivity index (χ2v) is 5.10. The molecule has 1 saturated heterocycles. The van der Waals surface area contributed by atoms with Gasteiger partial charge in [-0.05, 0) is 31.2 Å². The maximum Gasteiger partial charge on any atom is 0.234 e. The molecule has 1 amide bonds. The summed E-state index contributed by atoms with van der Waals surface area (Å²) in [7, 11) is 0. The van der Waals surface area contributed by atoms with Crippen molar-refractivity contribution in [3.05, 3.63) is 0 Å². The van der Waals surface area contributed by atoms with E-state index in [-0.39, 0.29) is 12.5 Å². The molecule has 2 N–H and O–H groups in total. The van der Waals surface area contributed by atoms with Crippen molar-refractivity contribution >= 4 is 5.91 Å². The molecule has 1 aliphatic rings. The second-order valence-electron chi connectivity index (χ2n) is 5.10. The molecule has 0 aliphatic carbocycles. The molecule has 1 aliphatic heterocycles. The third-order valence-corrected chi connectivity index (χ3v) is 3.04. The number of hydrogen-bond donors (Lipinski definition) is 2. The summed E-state index contributed by atoms with van der Waals surface area (Å²) in [5, 5.41) is 11.9. The summed E-state index contributed by atoms with van der Waals surface area (Å²) < 4.78 is 0. The Labute approximate surface area is 98.0 Å². The smallest absolute Gasteiger partial charge is 0.234 e. The Kier molecular flexibility index (Phi) is 5.77. The number of rotatable bonds is 6. The summed E-state index contributed by atoms with van der Waals surface area (Å²) >= 11 is 0. The Morgan fingerprint density at radius 2 is 2.31 bits per heavy atom. The molecule has 0 radical (unpaired) electrons. The number of hydrogen-bond acceptors (Lipinski definition) is 3. The SMILES string of the molecule is CC(C)CCNC(=O)CN1CC[C@H](CO)C1. The van der Waals surface area contributed by atoms with Crippen LogP contribution < -0.4 is 5.32 Å². The third-order valence-electron chi connectivity index (χ3n) is 3.04. The standard InChI is InChI=1S/C12H24N2O2/c1-10(2)3-5-13-12(16)8-14-6-4-11(7-14)9-15/h10-11,15H,3-9H2,1-2H3,(H,13,16)/t11-/m0/s1. The summed E-state index contributed by atoms with van der Waals surface area (Å²) in [6, 6.07) is 0. The van der Waals surface area contributed by atoms with E-state index in [0.29, 0.717) is 18.4 Å². The lowest BCUT2D eigenvalue weighted by Gasteiger charge is -2.15. The van der Waals surface area contributed by atoms with Crippen molar-refractivity contribution in [1.82, 2.24) is 10.2 Å². The summed E-state index contributed by atoms with van der Waals surface area (Å²) in [6.45, 7) is 7.59. The van der Waals surface area contributed by atoms with Gasteiger partial charge in [-0.25, -0.2) is 0 Å². The van der Waals surface area contributed by atoms with E-state index in [1.54, 1.807) is 0 Å². The fraction of sp³-hybridized carbons (Fsp3) is 0.917. The van der Waals surface area contributed by atoms with Gasteiger partial charge in [0.05, 0.1) is 6.54 Å². The first-order chi connectivity index (χ1) is 7.61. The van der Waals surface area contributed by atoms with Crippen LogP contribution in [0.1, 0.15) is 26.7 Å². The van der Waals surface area contributed by atoms with Crippen LogP contribution in [0.2, 0.25) is 0 Å². The Bertz CT molecular complexity index is 219. The number of nitrogens with one attached hydrogen (secondary N) is 1. The van der Waals surface area contributed by atoms with Gasteiger partial charge in [0.2, 0.25) is 5.91 Å². The number of aliphatic hydroxyl groups excluding tert-OH is 1. The van der Waals surface area contributed by atoms with Gasteiger partial charge in [0, 0.05) is 19.7 Å². The normalized spacial score (nSPS) is 21.6. The van der Waals surface area contributed by atoms with Gasteiger partial charge in [0.1, 0.15) is 0 Å². The maximum atomic E-state index is 11.6. The fourth-order valence-electron chi connectivity index (χ4n) is 1.96. The monoisotopic (exact) mass is 228 g/mol. The van der Waals surface area contributed by atoms with Crippen LogP contribution >= 0.6 is 0 Å². The van der Waals surface area contributed by atoms with Crippen LogP contribution in [0.3, 0.4) is 0 Å². The molecule has 1 rings (SSSR count). The zero-order chi connectivity index (χ0) is 12.0. The van der Waals surface area contributed by atoms with E-state index >= 15 is 0 Å². The Morgan fingerprint density at radius 1 is 1.56 bits per heavy atom. The van der Waals surface area contributed by atoms with Gasteiger partial charge in [-0.15, -0.1) is 0 Å². The summed E-state index contributed by atoms with van der Waals surface area (Å²) in [5.74, 6) is 1.11. The molecule has 16 heavy (non-hydrogen) atoms. The van der Waals surface area contributed by atoms with E-state index < -0.39 is 0 Å². The summed E-state index contributed by atoms with van der Waals surface area (Å²) in [6.07, 6.45) is 2.04. The number of likely N-dealkylation sites (tertiary alicyclic amines) is 1. The summed E-state index contributed by atoms with van der Waals surface area (Å²) in [5.41, 5.74) is 0. The van der Waals surface area contributed by atoms with Crippen molar-refractivity contribution in [2.75, 3.05) is 32.8 Å². The van der Waals surface area contributed by atoms with E-state index in [1.165, 1.54) is 0 Å². The molecular formula is C12H24N2O2. The van der Waals surface area contributed by atoms with E-state index in [0.717, 1.165) is 32.5 Å². The molecule has 1 fully saturated rings. The molecular weight excluding hydrogens is 204 g/mol. The predicted octanol–water partition coefficient (Wildman–Crippen LogP) is 0.463. The summed E-state index contributed by atoms with van der Waals surface area (Å²) in [4.78, 5) is 13.7. The average molecular weight is 228 g/mol. The molecule has 0 aromatic carbocycles. The van der Waals surface area contributed by atoms with Crippen molar-refractivity contribution in [2.24, 2.45) is 11.8 Å². The van der Waals surface area contributed by atoms with Gasteiger partial charge in [-0.2, -0.15) is 0 Å². The second kappa shape index (κ2) is 6.86. The van der Waals surface area contributed by atoms with Crippen molar-refractivity contribution in [3.8, 4) is 0 Å². The quantitative estimate of drug-likeness (QED) is 0.694. The number of amides is 1. The lowest BCUT2D eigenvalue weighted by molar-refractivity contribution is -0.122. The molecule has 0 bridgehead atoms. The van der Waals surface area contributed by atoms with Crippen molar-refractivity contribution in [3.63, 3.8) is 0 Å². The zero-order valence-corrected chi connectivity index (χ0v) is 10.4. The first-order valence-electron chi connectivity index (χ1n) is 6.21. The highest BCUT2D eigenvalue weighted by molar-refractivity contribution is 5.78. The topological polar surface area (TPSA) is 52.6 Å². The molecule has 0 aromatic rings. The van der Waals surface area contributed by atoms with E-state index in [2.05, 4.69) is 24.1 Å². The number of aliphatic hydroxyl groups is 1. The maximum absolute atomic E-state index is 11.6. The van der Waals surface area contributed by atoms with E-state index in [1.807, 2.05) is 0 Å². The molecule has 4 nitrogen and oxygen atoms in total. The van der Waals surface area contributed by atoms with Crippen LogP contribution in [0.15, 0.2) is 0 Å². The molecule has 1 heterocycles. The van der Waals surface area contributed by atoms with Crippen LogP contribution in [0.25, 0.3) is 0 Å². The predicted molar refractivity (Wildman–Crippen MR) is 64.1 cm³/mol. The van der Waals surface area contributed by atoms with Crippen LogP contribution in [0, 0.1) is 11.8 Å². The Hall–Kier alpha value is -0.610. The minimum Gasteiger partial charge on any atom is -0.396 e. The first-order valence-corrected chi connectivity index (χ1v) is 6.21. The van der Waals surface area contributed by atoms with Crippen molar-refractivity contribution in [1.29, 1.82) is 0 Å². The fourth-order valence-corrected chi connectivity index (χ4v) is 1.96. The first kappa shape index (κ1) is 13.5. The minimum atomic E-state index is 0.110. The number of nitrogens with zero attached hydrogens (tertiary/aromatic N) is 1. The highest BCUT2D eigenvalue weighted by Gasteiger charge is 2.22. The van der Waals surface area contributed by atoms with Gasteiger partial charge in [-0.1, -0.05) is 13.8 Å². The molecule has 0 unspecified atom stereocenters. The van der Waals surface area contributed by atoms with E-state index in [4.69, 9.17) is 5.11 Å². The van der Waals surface area contributed by atoms with E-state index in [9.17, 15) is 4.79 Å². The lowest BCUT2D eigenvalue weighted by atomic mass is 10.1. The highest BCUT2D eigenvalue weighted by Crippen LogP contribution is 2.14. The largest absolute Gasteiger partial charge is 0.396 e. The van der Waals surface area contributed by atoms with Crippen molar-refractivity contribution in [2.45, 2.75) is 26.7 Å². The van der Waals surface area contributed by atoms with Crippen LogP contribution in [0.5, 0.6) is 0 Å². The Morgan fingerprint density at radius 3 is 2.88 bits per heavy atom. The van der Waals surface area contributed by atoms with Gasteiger partial charge in [-0.3, -0.25) is 9.69 Å². The van der Waals surface area contributed by atoms with Crippen LogP contribution in [0.4, 0.5) is 0 Å². The zero-order valence-electron chi connectivity index (χ0n) is 10.4. The van der Waals surface area contributed by atoms with Gasteiger partial charge in [0.25, 0.3) is 0 Å². The number of carbonyl (C=O) groups excluding carboxylic acids is 1. The molecule has 0 aromatic heterocycles. The van der Waals surface area contributed by atoms with Crippen LogP contribution in [-0.2, 0) is 4.79 Å². The van der Waals surface area contributed by atoms with Crippen LogP contribution in [-0.4, -0.2) is 48.7 Å². The minimum absolute atomic E-state index is 0.110. The van der Waals surface area contributed by atoms with Gasteiger partial charge in [0.15, 0.2) is 0 Å².